The first-order chi connectivity index (χ1) is 12.4. The molecule has 1 aromatic heterocycles. The normalized spacial score (nSPS) is 12.9. The number of aromatic carboxylic acids is 1. The number of aromatic nitrogens is 2. The fraction of sp³-hybridized carbons (Fsp3) is 0.111. The molecule has 0 spiro atoms. The molecule has 1 aliphatic heterocycles. The first kappa shape index (κ1) is 16.2. The van der Waals surface area contributed by atoms with Crippen LogP contribution in [0.4, 0.5) is 13.2 Å². The molecule has 5 nitrogen and oxygen atoms in total. The van der Waals surface area contributed by atoms with Crippen molar-refractivity contribution in [1.82, 2.24) is 9.78 Å². The van der Waals surface area contributed by atoms with E-state index >= 15 is 0 Å². The molecule has 0 unspecified atom stereocenters. The fourth-order valence-electron chi connectivity index (χ4n) is 3.00. The quantitative estimate of drug-likeness (QED) is 0.746. The van der Waals surface area contributed by atoms with Crippen LogP contribution in [0, 0.1) is 0 Å². The third kappa shape index (κ3) is 2.50. The minimum Gasteiger partial charge on any atom is -0.478 e. The lowest BCUT2D eigenvalue weighted by atomic mass is 10.0. The molecule has 0 amide bonds. The van der Waals surface area contributed by atoms with Crippen LogP contribution in [0.5, 0.6) is 5.88 Å². The SMILES string of the molecule is O=C(O)c1cccc2c1COc1cc(-c3ccccc3C(F)(F)F)nn1-2. The van der Waals surface area contributed by atoms with Crippen molar-refractivity contribution in [3.63, 3.8) is 0 Å². The summed E-state index contributed by atoms with van der Waals surface area (Å²) in [6.07, 6.45) is -4.52. The topological polar surface area (TPSA) is 64.3 Å². The third-order valence-corrected chi connectivity index (χ3v) is 4.16. The second-order valence-corrected chi connectivity index (χ2v) is 5.72. The Kier molecular flexibility index (Phi) is 3.50. The lowest BCUT2D eigenvalue weighted by Crippen LogP contribution is -2.16. The third-order valence-electron chi connectivity index (χ3n) is 4.16. The van der Waals surface area contributed by atoms with Crippen LogP contribution in [-0.2, 0) is 12.8 Å². The van der Waals surface area contributed by atoms with Crippen LogP contribution in [0.15, 0.2) is 48.5 Å². The Balaban J connectivity index is 1.88. The van der Waals surface area contributed by atoms with Crippen molar-refractivity contribution in [1.29, 1.82) is 0 Å². The summed E-state index contributed by atoms with van der Waals surface area (Å²) in [5.41, 5.74) is 0.201. The number of fused-ring (bicyclic) bond motifs is 3. The van der Waals surface area contributed by atoms with Crippen LogP contribution in [0.25, 0.3) is 16.9 Å². The molecule has 3 aromatic rings. The van der Waals surface area contributed by atoms with E-state index in [0.29, 0.717) is 11.3 Å². The molecular weight excluding hydrogens is 349 g/mol. The van der Waals surface area contributed by atoms with Gasteiger partial charge < -0.3 is 9.84 Å². The van der Waals surface area contributed by atoms with Gasteiger partial charge in [-0.2, -0.15) is 18.3 Å². The fourth-order valence-corrected chi connectivity index (χ4v) is 3.00. The van der Waals surface area contributed by atoms with Crippen molar-refractivity contribution >= 4 is 5.97 Å². The maximum absolute atomic E-state index is 13.3. The minimum atomic E-state index is -4.52. The standard InChI is InChI=1S/C18H11F3N2O3/c19-18(20,21)13-6-2-1-4-11(13)14-8-16-23(22-14)15-7-3-5-10(17(24)25)12(15)9-26-16/h1-8H,9H2,(H,24,25). The Morgan fingerprint density at radius 3 is 2.65 bits per heavy atom. The maximum atomic E-state index is 13.3. The molecule has 0 saturated heterocycles. The van der Waals surface area contributed by atoms with Crippen LogP contribution in [0.1, 0.15) is 21.5 Å². The number of ether oxygens (including phenoxy) is 1. The largest absolute Gasteiger partial charge is 0.478 e. The Morgan fingerprint density at radius 2 is 1.92 bits per heavy atom. The highest BCUT2D eigenvalue weighted by atomic mass is 19.4. The second-order valence-electron chi connectivity index (χ2n) is 5.72. The molecule has 1 aliphatic rings. The number of carboxylic acid groups (broad SMARTS) is 1. The van der Waals surface area contributed by atoms with Crippen LogP contribution >= 0.6 is 0 Å². The highest BCUT2D eigenvalue weighted by Gasteiger charge is 2.34. The number of hydrogen-bond acceptors (Lipinski definition) is 3. The second kappa shape index (κ2) is 5.62. The zero-order valence-electron chi connectivity index (χ0n) is 13.1. The van der Waals surface area contributed by atoms with Crippen molar-refractivity contribution in [3.8, 4) is 22.8 Å². The molecule has 1 N–H and O–H groups in total. The van der Waals surface area contributed by atoms with Gasteiger partial charge in [0, 0.05) is 17.2 Å². The first-order valence-corrected chi connectivity index (χ1v) is 7.61. The summed E-state index contributed by atoms with van der Waals surface area (Å²) in [5.74, 6) is -0.851. The molecule has 0 atom stereocenters. The molecule has 0 fully saturated rings. The predicted molar refractivity (Wildman–Crippen MR) is 85.3 cm³/mol. The van der Waals surface area contributed by atoms with Crippen LogP contribution in [0.3, 0.4) is 0 Å². The molecule has 132 valence electrons. The number of carboxylic acids is 1. The van der Waals surface area contributed by atoms with E-state index in [4.69, 9.17) is 4.74 Å². The van der Waals surface area contributed by atoms with Crippen LogP contribution in [0.2, 0.25) is 0 Å². The highest BCUT2D eigenvalue weighted by Crippen LogP contribution is 2.39. The average Bonchev–Trinajstić information content (AvgIpc) is 3.05. The summed E-state index contributed by atoms with van der Waals surface area (Å²) >= 11 is 0. The van der Waals surface area contributed by atoms with Gasteiger partial charge in [0.1, 0.15) is 6.61 Å². The number of rotatable bonds is 2. The van der Waals surface area contributed by atoms with E-state index in [1.165, 1.54) is 35.0 Å². The number of halogens is 3. The van der Waals surface area contributed by atoms with E-state index in [1.54, 1.807) is 12.1 Å². The molecule has 0 saturated carbocycles. The number of alkyl halides is 3. The van der Waals surface area contributed by atoms with E-state index < -0.39 is 17.7 Å². The predicted octanol–water partition coefficient (Wildman–Crippen LogP) is 4.15. The Morgan fingerprint density at radius 1 is 1.15 bits per heavy atom. The molecule has 4 rings (SSSR count). The Hall–Kier alpha value is -3.29. The summed E-state index contributed by atoms with van der Waals surface area (Å²) in [7, 11) is 0. The van der Waals surface area contributed by atoms with Gasteiger partial charge in [-0.25, -0.2) is 9.48 Å². The Bertz CT molecular complexity index is 1020. The molecule has 0 bridgehead atoms. The van der Waals surface area contributed by atoms with Gasteiger partial charge >= 0.3 is 12.1 Å². The van der Waals surface area contributed by atoms with Crippen molar-refractivity contribution in [2.75, 3.05) is 0 Å². The highest BCUT2D eigenvalue weighted by molar-refractivity contribution is 5.90. The molecule has 2 aromatic carbocycles. The molecule has 8 heteroatoms. The summed E-state index contributed by atoms with van der Waals surface area (Å²) < 4.78 is 46.7. The smallest absolute Gasteiger partial charge is 0.417 e. The zero-order chi connectivity index (χ0) is 18.5. The van der Waals surface area contributed by atoms with Crippen molar-refractivity contribution < 1.29 is 27.8 Å². The molecule has 2 heterocycles. The molecular formula is C18H11F3N2O3. The van der Waals surface area contributed by atoms with Crippen LogP contribution < -0.4 is 4.74 Å². The van der Waals surface area contributed by atoms with Gasteiger partial charge in [-0.15, -0.1) is 0 Å². The lowest BCUT2D eigenvalue weighted by Gasteiger charge is -2.20. The van der Waals surface area contributed by atoms with E-state index in [9.17, 15) is 23.1 Å². The molecule has 26 heavy (non-hydrogen) atoms. The van der Waals surface area contributed by atoms with Crippen molar-refractivity contribution in [2.45, 2.75) is 12.8 Å². The summed E-state index contributed by atoms with van der Waals surface area (Å²) in [6, 6.07) is 11.2. The first-order valence-electron chi connectivity index (χ1n) is 7.61. The zero-order valence-corrected chi connectivity index (χ0v) is 13.1. The van der Waals surface area contributed by atoms with E-state index in [-0.39, 0.29) is 29.3 Å². The van der Waals surface area contributed by atoms with Gasteiger partial charge in [-0.1, -0.05) is 24.3 Å². The maximum Gasteiger partial charge on any atom is 0.417 e. The lowest BCUT2D eigenvalue weighted by molar-refractivity contribution is -0.137. The van der Waals surface area contributed by atoms with Crippen LogP contribution in [-0.4, -0.2) is 20.9 Å². The number of hydrogen-bond donors (Lipinski definition) is 1. The van der Waals surface area contributed by atoms with Gasteiger partial charge in [0.2, 0.25) is 5.88 Å². The number of nitrogens with zero attached hydrogens (tertiary/aromatic N) is 2. The average molecular weight is 360 g/mol. The molecule has 0 radical (unpaired) electrons. The van der Waals surface area contributed by atoms with Gasteiger partial charge in [0.05, 0.1) is 22.5 Å². The van der Waals surface area contributed by atoms with Crippen molar-refractivity contribution in [3.05, 3.63) is 65.2 Å². The van der Waals surface area contributed by atoms with Gasteiger partial charge in [0.25, 0.3) is 0 Å². The van der Waals surface area contributed by atoms with Crippen molar-refractivity contribution in [2.24, 2.45) is 0 Å². The van der Waals surface area contributed by atoms with E-state index in [0.717, 1.165) is 6.07 Å². The van der Waals surface area contributed by atoms with E-state index in [1.807, 2.05) is 0 Å². The molecule has 0 aliphatic carbocycles. The number of benzene rings is 2. The summed E-state index contributed by atoms with van der Waals surface area (Å²) in [6.45, 7) is 0.00383. The monoisotopic (exact) mass is 360 g/mol. The Labute approximate surface area is 145 Å². The van der Waals surface area contributed by atoms with Gasteiger partial charge in [-0.05, 0) is 18.2 Å². The van der Waals surface area contributed by atoms with Gasteiger partial charge in [0.15, 0.2) is 0 Å². The van der Waals surface area contributed by atoms with Gasteiger partial charge in [-0.3, -0.25) is 0 Å². The van der Waals surface area contributed by atoms with E-state index in [2.05, 4.69) is 5.10 Å². The summed E-state index contributed by atoms with van der Waals surface area (Å²) in [5, 5.41) is 13.5. The minimum absolute atomic E-state index is 0.00383. The summed E-state index contributed by atoms with van der Waals surface area (Å²) in [4.78, 5) is 11.4. The number of carbonyl (C=O) groups is 1.